The molecule has 0 unspecified atom stereocenters. The number of aryl methyl sites for hydroxylation is 1. The molecule has 0 saturated heterocycles. The Morgan fingerprint density at radius 2 is 1.93 bits per heavy atom. The topological polar surface area (TPSA) is 21.3 Å². The van der Waals surface area contributed by atoms with Crippen LogP contribution in [-0.2, 0) is 0 Å². The summed E-state index contributed by atoms with van der Waals surface area (Å²) in [6.07, 6.45) is 4.06. The molecule has 0 aliphatic carbocycles. The van der Waals surface area contributed by atoms with Crippen molar-refractivity contribution < 1.29 is 4.74 Å². The fourth-order valence-electron chi connectivity index (χ4n) is 1.05. The maximum Gasteiger partial charge on any atom is 0.119 e. The highest BCUT2D eigenvalue weighted by Crippen LogP contribution is 2.10. The van der Waals surface area contributed by atoms with Crippen molar-refractivity contribution in [3.63, 3.8) is 0 Å². The zero-order valence-corrected chi connectivity index (χ0v) is 8.79. The molecule has 14 heavy (non-hydrogen) atoms. The van der Waals surface area contributed by atoms with Gasteiger partial charge in [-0.25, -0.2) is 0 Å². The minimum atomic E-state index is 0.630. The first-order valence-corrected chi connectivity index (χ1v) is 4.82. The van der Waals surface area contributed by atoms with Crippen molar-refractivity contribution in [3.8, 4) is 5.75 Å². The van der Waals surface area contributed by atoms with Crippen LogP contribution in [0.5, 0.6) is 5.75 Å². The summed E-state index contributed by atoms with van der Waals surface area (Å²) >= 11 is 0. The maximum atomic E-state index is 5.49. The van der Waals surface area contributed by atoms with E-state index in [0.717, 1.165) is 12.3 Å². The molecule has 0 atom stereocenters. The van der Waals surface area contributed by atoms with E-state index in [4.69, 9.17) is 4.74 Å². The van der Waals surface area contributed by atoms with Crippen LogP contribution in [0.1, 0.15) is 5.56 Å². The first-order chi connectivity index (χ1) is 6.83. The zero-order chi connectivity index (χ0) is 10.2. The van der Waals surface area contributed by atoms with E-state index in [0.29, 0.717) is 6.61 Å². The molecule has 1 aromatic carbocycles. The lowest BCUT2D eigenvalue weighted by Gasteiger charge is -2.02. The zero-order valence-electron chi connectivity index (χ0n) is 8.79. The Balaban J connectivity index is 2.28. The molecule has 1 rings (SSSR count). The molecule has 0 fully saturated rings. The second-order valence-electron chi connectivity index (χ2n) is 3.15. The summed E-state index contributed by atoms with van der Waals surface area (Å²) < 4.78 is 5.49. The molecule has 0 radical (unpaired) electrons. The molecule has 0 amide bonds. The van der Waals surface area contributed by atoms with Gasteiger partial charge in [0.15, 0.2) is 0 Å². The number of rotatable bonds is 5. The van der Waals surface area contributed by atoms with E-state index in [2.05, 4.69) is 12.2 Å². The molecule has 2 nitrogen and oxygen atoms in total. The average molecular weight is 191 g/mol. The molecule has 1 aromatic rings. The third kappa shape index (κ3) is 4.10. The Labute approximate surface area is 85.6 Å². The lowest BCUT2D eigenvalue weighted by molar-refractivity contribution is 0.362. The lowest BCUT2D eigenvalue weighted by Crippen LogP contribution is -2.04. The molecule has 0 bridgehead atoms. The highest BCUT2D eigenvalue weighted by atomic mass is 16.5. The van der Waals surface area contributed by atoms with Gasteiger partial charge in [0.05, 0.1) is 0 Å². The Hall–Kier alpha value is -1.28. The monoisotopic (exact) mass is 191 g/mol. The Morgan fingerprint density at radius 1 is 1.21 bits per heavy atom. The van der Waals surface area contributed by atoms with E-state index >= 15 is 0 Å². The number of hydrogen-bond acceptors (Lipinski definition) is 2. The van der Waals surface area contributed by atoms with E-state index in [1.165, 1.54) is 5.56 Å². The van der Waals surface area contributed by atoms with Gasteiger partial charge in [-0.15, -0.1) is 0 Å². The van der Waals surface area contributed by atoms with Crippen molar-refractivity contribution in [1.29, 1.82) is 0 Å². The minimum Gasteiger partial charge on any atom is -0.490 e. The van der Waals surface area contributed by atoms with E-state index < -0.39 is 0 Å². The molecular formula is C12H17NO. The van der Waals surface area contributed by atoms with Gasteiger partial charge < -0.3 is 10.1 Å². The van der Waals surface area contributed by atoms with Crippen molar-refractivity contribution in [2.24, 2.45) is 0 Å². The fourth-order valence-corrected chi connectivity index (χ4v) is 1.05. The largest absolute Gasteiger partial charge is 0.490 e. The number of likely N-dealkylation sites (N-methyl/N-ethyl adjacent to an activating group) is 1. The molecule has 0 aliphatic rings. The maximum absolute atomic E-state index is 5.49. The van der Waals surface area contributed by atoms with Crippen molar-refractivity contribution in [2.45, 2.75) is 6.92 Å². The molecule has 0 heterocycles. The van der Waals surface area contributed by atoms with Gasteiger partial charge in [0.1, 0.15) is 12.4 Å². The van der Waals surface area contributed by atoms with Crippen LogP contribution < -0.4 is 10.1 Å². The molecule has 0 aromatic heterocycles. The molecule has 0 spiro atoms. The van der Waals surface area contributed by atoms with Crippen LogP contribution in [0, 0.1) is 6.92 Å². The predicted octanol–water partition coefficient (Wildman–Crippen LogP) is 2.15. The summed E-state index contributed by atoms with van der Waals surface area (Å²) in [6.45, 7) is 3.58. The van der Waals surface area contributed by atoms with Crippen molar-refractivity contribution >= 4 is 0 Å². The predicted molar refractivity (Wildman–Crippen MR) is 59.7 cm³/mol. The summed E-state index contributed by atoms with van der Waals surface area (Å²) in [5.74, 6) is 0.921. The second kappa shape index (κ2) is 6.22. The van der Waals surface area contributed by atoms with Crippen molar-refractivity contribution in [3.05, 3.63) is 42.0 Å². The highest BCUT2D eigenvalue weighted by Gasteiger charge is 1.89. The molecule has 2 heteroatoms. The van der Waals surface area contributed by atoms with Crippen LogP contribution in [0.3, 0.4) is 0 Å². The fraction of sp³-hybridized carbons (Fsp3) is 0.333. The summed E-state index contributed by atoms with van der Waals surface area (Å²) in [7, 11) is 1.92. The molecule has 0 aliphatic heterocycles. The average Bonchev–Trinajstić information content (AvgIpc) is 2.21. The van der Waals surface area contributed by atoms with Gasteiger partial charge in [0.25, 0.3) is 0 Å². The molecule has 0 saturated carbocycles. The second-order valence-corrected chi connectivity index (χ2v) is 3.15. The molecule has 1 N–H and O–H groups in total. The Kier molecular flexibility index (Phi) is 4.79. The summed E-state index contributed by atoms with van der Waals surface area (Å²) in [5, 5.41) is 3.03. The Bertz CT molecular complexity index is 277. The number of nitrogens with one attached hydrogen (secondary N) is 1. The third-order valence-corrected chi connectivity index (χ3v) is 1.86. The first kappa shape index (κ1) is 10.8. The first-order valence-electron chi connectivity index (χ1n) is 4.82. The molecule has 76 valence electrons. The number of ether oxygens (including phenoxy) is 1. The smallest absolute Gasteiger partial charge is 0.119 e. The van der Waals surface area contributed by atoms with Crippen LogP contribution in [0.2, 0.25) is 0 Å². The van der Waals surface area contributed by atoms with Gasteiger partial charge in [0, 0.05) is 6.54 Å². The van der Waals surface area contributed by atoms with Gasteiger partial charge in [-0.2, -0.15) is 0 Å². The van der Waals surface area contributed by atoms with Crippen LogP contribution in [0.4, 0.5) is 0 Å². The number of hydrogen-bond donors (Lipinski definition) is 1. The van der Waals surface area contributed by atoms with Crippen LogP contribution in [0.25, 0.3) is 0 Å². The van der Waals surface area contributed by atoms with Crippen molar-refractivity contribution in [1.82, 2.24) is 5.32 Å². The summed E-state index contributed by atoms with van der Waals surface area (Å²) in [4.78, 5) is 0. The highest BCUT2D eigenvalue weighted by molar-refractivity contribution is 5.26. The normalized spacial score (nSPS) is 10.7. The quantitative estimate of drug-likeness (QED) is 0.720. The number of benzene rings is 1. The van der Waals surface area contributed by atoms with Gasteiger partial charge in [-0.3, -0.25) is 0 Å². The summed E-state index contributed by atoms with van der Waals surface area (Å²) in [6, 6.07) is 8.07. The van der Waals surface area contributed by atoms with Crippen LogP contribution in [0.15, 0.2) is 36.4 Å². The SMILES string of the molecule is CNCC=CCOc1ccc(C)cc1. The van der Waals surface area contributed by atoms with Crippen LogP contribution in [-0.4, -0.2) is 20.2 Å². The third-order valence-electron chi connectivity index (χ3n) is 1.86. The lowest BCUT2D eigenvalue weighted by atomic mass is 10.2. The van der Waals surface area contributed by atoms with Gasteiger partial charge in [0.2, 0.25) is 0 Å². The van der Waals surface area contributed by atoms with Gasteiger partial charge in [-0.1, -0.05) is 29.8 Å². The van der Waals surface area contributed by atoms with E-state index in [9.17, 15) is 0 Å². The van der Waals surface area contributed by atoms with Crippen molar-refractivity contribution in [2.75, 3.05) is 20.2 Å². The van der Waals surface area contributed by atoms with Crippen LogP contribution >= 0.6 is 0 Å². The van der Waals surface area contributed by atoms with E-state index in [1.807, 2.05) is 43.5 Å². The van der Waals surface area contributed by atoms with Gasteiger partial charge in [-0.05, 0) is 26.1 Å². The summed E-state index contributed by atoms with van der Waals surface area (Å²) in [5.41, 5.74) is 1.25. The molecular weight excluding hydrogens is 174 g/mol. The minimum absolute atomic E-state index is 0.630. The van der Waals surface area contributed by atoms with Gasteiger partial charge >= 0.3 is 0 Å². The van der Waals surface area contributed by atoms with E-state index in [-0.39, 0.29) is 0 Å². The standard InChI is InChI=1S/C12H17NO/c1-11-5-7-12(8-6-11)14-10-4-3-9-13-2/h3-8,13H,9-10H2,1-2H3. The Morgan fingerprint density at radius 3 is 2.57 bits per heavy atom. The van der Waals surface area contributed by atoms with E-state index in [1.54, 1.807) is 0 Å².